The number of aromatic amines is 1. The van der Waals surface area contributed by atoms with Crippen LogP contribution in [-0.4, -0.2) is 32.0 Å². The minimum Gasteiger partial charge on any atom is -0.310 e. The lowest BCUT2D eigenvalue weighted by molar-refractivity contribution is 0.558. The first-order valence-electron chi connectivity index (χ1n) is 5.34. The van der Waals surface area contributed by atoms with Crippen molar-refractivity contribution in [3.8, 4) is 0 Å². The minimum absolute atomic E-state index is 0.0536. The van der Waals surface area contributed by atoms with E-state index in [0.717, 1.165) is 23.5 Å². The summed E-state index contributed by atoms with van der Waals surface area (Å²) in [4.78, 5) is 4.15. The molecule has 0 amide bonds. The molecule has 0 aromatic carbocycles. The van der Waals surface area contributed by atoms with E-state index in [0.29, 0.717) is 5.15 Å². The Balaban J connectivity index is 2.24. The summed E-state index contributed by atoms with van der Waals surface area (Å²) in [5.41, 5.74) is 1.97. The molecule has 0 aliphatic rings. The first kappa shape index (κ1) is 12.1. The van der Waals surface area contributed by atoms with Crippen LogP contribution in [0.3, 0.4) is 0 Å². The Bertz CT molecular complexity index is 489. The van der Waals surface area contributed by atoms with Gasteiger partial charge in [-0.15, -0.1) is 0 Å². The standard InChI is InChI=1S/C10H15ClN6/c1-6-7(9(11)17(3)16-6)4-8(12-2)10-13-5-14-15-10/h5,8,12H,4H2,1-3H3,(H,13,14,15). The largest absolute Gasteiger partial charge is 0.310 e. The Morgan fingerprint density at radius 1 is 1.59 bits per heavy atom. The molecule has 0 aliphatic heterocycles. The van der Waals surface area contributed by atoms with Crippen LogP contribution in [0.5, 0.6) is 0 Å². The fourth-order valence-corrected chi connectivity index (χ4v) is 2.08. The summed E-state index contributed by atoms with van der Waals surface area (Å²) >= 11 is 6.20. The van der Waals surface area contributed by atoms with Gasteiger partial charge in [0.25, 0.3) is 0 Å². The highest BCUT2D eigenvalue weighted by Crippen LogP contribution is 2.23. The fraction of sp³-hybridized carbons (Fsp3) is 0.500. The van der Waals surface area contributed by atoms with E-state index in [4.69, 9.17) is 11.6 Å². The van der Waals surface area contributed by atoms with E-state index in [1.165, 1.54) is 6.33 Å². The van der Waals surface area contributed by atoms with Crippen molar-refractivity contribution in [3.05, 3.63) is 28.6 Å². The lowest BCUT2D eigenvalue weighted by Crippen LogP contribution is -2.20. The van der Waals surface area contributed by atoms with Crippen molar-refractivity contribution in [2.75, 3.05) is 7.05 Å². The predicted molar refractivity (Wildman–Crippen MR) is 64.8 cm³/mol. The van der Waals surface area contributed by atoms with Crippen molar-refractivity contribution < 1.29 is 0 Å². The number of likely N-dealkylation sites (N-methyl/N-ethyl adjacent to an activating group) is 1. The molecule has 0 fully saturated rings. The quantitative estimate of drug-likeness (QED) is 0.854. The molecule has 0 saturated carbocycles. The molecule has 0 saturated heterocycles. The van der Waals surface area contributed by atoms with Gasteiger partial charge in [0.15, 0.2) is 0 Å². The summed E-state index contributed by atoms with van der Waals surface area (Å²) in [6.45, 7) is 1.95. The van der Waals surface area contributed by atoms with E-state index in [2.05, 4.69) is 25.6 Å². The predicted octanol–water partition coefficient (Wildman–Crippen LogP) is 1.00. The number of nitrogens with one attached hydrogen (secondary N) is 2. The van der Waals surface area contributed by atoms with Crippen LogP contribution in [0.25, 0.3) is 0 Å². The van der Waals surface area contributed by atoms with Gasteiger partial charge in [-0.1, -0.05) is 11.6 Å². The smallest absolute Gasteiger partial charge is 0.141 e. The Morgan fingerprint density at radius 3 is 2.82 bits per heavy atom. The molecular weight excluding hydrogens is 240 g/mol. The van der Waals surface area contributed by atoms with Crippen molar-refractivity contribution in [2.45, 2.75) is 19.4 Å². The molecular formula is C10H15ClN6. The van der Waals surface area contributed by atoms with Gasteiger partial charge in [0.05, 0.1) is 11.7 Å². The van der Waals surface area contributed by atoms with E-state index in [-0.39, 0.29) is 6.04 Å². The zero-order valence-electron chi connectivity index (χ0n) is 10.0. The topological polar surface area (TPSA) is 71.4 Å². The van der Waals surface area contributed by atoms with Crippen molar-refractivity contribution in [1.82, 2.24) is 30.3 Å². The zero-order valence-corrected chi connectivity index (χ0v) is 10.8. The molecule has 92 valence electrons. The number of hydrogen-bond acceptors (Lipinski definition) is 4. The van der Waals surface area contributed by atoms with Crippen LogP contribution in [0.2, 0.25) is 5.15 Å². The average molecular weight is 255 g/mol. The number of aryl methyl sites for hydroxylation is 2. The van der Waals surface area contributed by atoms with Crippen LogP contribution in [-0.2, 0) is 13.5 Å². The SMILES string of the molecule is CNC(Cc1c(C)nn(C)c1Cl)c1ncn[nH]1. The number of nitrogens with zero attached hydrogens (tertiary/aromatic N) is 4. The lowest BCUT2D eigenvalue weighted by atomic mass is 10.1. The summed E-state index contributed by atoms with van der Waals surface area (Å²) in [5, 5.41) is 14.9. The molecule has 2 aromatic heterocycles. The maximum Gasteiger partial charge on any atom is 0.141 e. The highest BCUT2D eigenvalue weighted by Gasteiger charge is 2.19. The first-order chi connectivity index (χ1) is 8.13. The van der Waals surface area contributed by atoms with Gasteiger partial charge in [0.2, 0.25) is 0 Å². The maximum absolute atomic E-state index is 6.20. The molecule has 1 atom stereocenters. The molecule has 0 bridgehead atoms. The van der Waals surface area contributed by atoms with Crippen LogP contribution in [0.1, 0.15) is 23.1 Å². The molecule has 7 heteroatoms. The van der Waals surface area contributed by atoms with Gasteiger partial charge in [-0.05, 0) is 20.4 Å². The minimum atomic E-state index is 0.0536. The molecule has 2 aromatic rings. The summed E-state index contributed by atoms with van der Waals surface area (Å²) in [6, 6.07) is 0.0536. The fourth-order valence-electron chi connectivity index (χ4n) is 1.83. The summed E-state index contributed by atoms with van der Waals surface area (Å²) in [7, 11) is 3.72. The third-order valence-corrected chi connectivity index (χ3v) is 3.26. The van der Waals surface area contributed by atoms with Gasteiger partial charge < -0.3 is 5.32 Å². The van der Waals surface area contributed by atoms with Gasteiger partial charge in [0, 0.05) is 12.6 Å². The normalized spacial score (nSPS) is 12.9. The first-order valence-corrected chi connectivity index (χ1v) is 5.71. The summed E-state index contributed by atoms with van der Waals surface area (Å²) < 4.78 is 1.68. The number of H-pyrrole nitrogens is 1. The molecule has 2 heterocycles. The van der Waals surface area contributed by atoms with E-state index in [1.54, 1.807) is 4.68 Å². The lowest BCUT2D eigenvalue weighted by Gasteiger charge is -2.12. The van der Waals surface area contributed by atoms with Crippen molar-refractivity contribution in [2.24, 2.45) is 7.05 Å². The van der Waals surface area contributed by atoms with Gasteiger partial charge in [0.1, 0.15) is 17.3 Å². The van der Waals surface area contributed by atoms with E-state index < -0.39 is 0 Å². The molecule has 0 radical (unpaired) electrons. The van der Waals surface area contributed by atoms with Crippen molar-refractivity contribution in [3.63, 3.8) is 0 Å². The van der Waals surface area contributed by atoms with Crippen LogP contribution in [0.15, 0.2) is 6.33 Å². The Hall–Kier alpha value is -1.40. The molecule has 0 spiro atoms. The average Bonchev–Trinajstić information content (AvgIpc) is 2.89. The number of rotatable bonds is 4. The highest BCUT2D eigenvalue weighted by molar-refractivity contribution is 6.30. The highest BCUT2D eigenvalue weighted by atomic mass is 35.5. The van der Waals surface area contributed by atoms with Crippen LogP contribution in [0.4, 0.5) is 0 Å². The van der Waals surface area contributed by atoms with Gasteiger partial charge >= 0.3 is 0 Å². The molecule has 1 unspecified atom stereocenters. The molecule has 0 aliphatic carbocycles. The third kappa shape index (κ3) is 2.32. The van der Waals surface area contributed by atoms with Crippen LogP contribution >= 0.6 is 11.6 Å². The molecule has 2 N–H and O–H groups in total. The molecule has 2 rings (SSSR count). The number of halogens is 1. The monoisotopic (exact) mass is 254 g/mol. The zero-order chi connectivity index (χ0) is 12.4. The Morgan fingerprint density at radius 2 is 2.35 bits per heavy atom. The Labute approximate surface area is 104 Å². The summed E-state index contributed by atoms with van der Waals surface area (Å²) in [6.07, 6.45) is 2.22. The molecule has 6 nitrogen and oxygen atoms in total. The van der Waals surface area contributed by atoms with Crippen molar-refractivity contribution in [1.29, 1.82) is 0 Å². The van der Waals surface area contributed by atoms with Crippen LogP contribution < -0.4 is 5.32 Å². The Kier molecular flexibility index (Phi) is 3.44. The van der Waals surface area contributed by atoms with Crippen LogP contribution in [0, 0.1) is 6.92 Å². The summed E-state index contributed by atoms with van der Waals surface area (Å²) in [5.74, 6) is 0.798. The molecule has 17 heavy (non-hydrogen) atoms. The van der Waals surface area contributed by atoms with Gasteiger partial charge in [-0.25, -0.2) is 4.98 Å². The number of aromatic nitrogens is 5. The second-order valence-corrected chi connectivity index (χ2v) is 4.25. The van der Waals surface area contributed by atoms with Gasteiger partial charge in [-0.2, -0.15) is 10.2 Å². The third-order valence-electron chi connectivity index (χ3n) is 2.79. The van der Waals surface area contributed by atoms with E-state index in [1.807, 2.05) is 21.0 Å². The van der Waals surface area contributed by atoms with Gasteiger partial charge in [-0.3, -0.25) is 9.78 Å². The van der Waals surface area contributed by atoms with Crippen molar-refractivity contribution >= 4 is 11.6 Å². The van der Waals surface area contributed by atoms with E-state index >= 15 is 0 Å². The second-order valence-electron chi connectivity index (χ2n) is 3.89. The van der Waals surface area contributed by atoms with E-state index in [9.17, 15) is 0 Å². The number of hydrogen-bond donors (Lipinski definition) is 2. The maximum atomic E-state index is 6.20. The second kappa shape index (κ2) is 4.85.